The average molecular weight is 330 g/mol. The van der Waals surface area contributed by atoms with Crippen molar-refractivity contribution in [2.45, 2.75) is 18.9 Å². The number of hydrogen-bond donors (Lipinski definition) is 0. The molecule has 6 heteroatoms. The van der Waals surface area contributed by atoms with Crippen LogP contribution >= 0.6 is 0 Å². The summed E-state index contributed by atoms with van der Waals surface area (Å²) in [5.41, 5.74) is 0.426. The number of benzene rings is 1. The molecule has 0 radical (unpaired) electrons. The van der Waals surface area contributed by atoms with Crippen molar-refractivity contribution in [2.75, 3.05) is 13.7 Å². The maximum absolute atomic E-state index is 12.4. The molecule has 1 aliphatic heterocycles. The number of ketones is 1. The number of methoxy groups -OCH3 is 1. The predicted octanol–water partition coefficient (Wildman–Crippen LogP) is 1.62. The van der Waals surface area contributed by atoms with Crippen molar-refractivity contribution in [3.05, 3.63) is 29.8 Å². The highest BCUT2D eigenvalue weighted by Crippen LogP contribution is 2.57. The molecule has 1 aromatic rings. The van der Waals surface area contributed by atoms with E-state index in [-0.39, 0.29) is 42.2 Å². The zero-order valence-electron chi connectivity index (χ0n) is 13.3. The van der Waals surface area contributed by atoms with Crippen LogP contribution in [0.1, 0.15) is 23.2 Å². The Kier molecular flexibility index (Phi) is 3.55. The van der Waals surface area contributed by atoms with Crippen LogP contribution in [-0.4, -0.2) is 37.5 Å². The molecule has 3 aliphatic rings. The summed E-state index contributed by atoms with van der Waals surface area (Å²) in [6.45, 7) is -0.328. The minimum absolute atomic E-state index is 0.0186. The molecule has 0 unspecified atom stereocenters. The van der Waals surface area contributed by atoms with Crippen LogP contribution in [0.15, 0.2) is 24.3 Å². The molecule has 1 aromatic carbocycles. The Morgan fingerprint density at radius 3 is 2.92 bits per heavy atom. The molecule has 126 valence electrons. The van der Waals surface area contributed by atoms with Gasteiger partial charge in [-0.15, -0.1) is 0 Å². The molecule has 5 atom stereocenters. The summed E-state index contributed by atoms with van der Waals surface area (Å²) >= 11 is 0. The van der Waals surface area contributed by atoms with E-state index in [2.05, 4.69) is 0 Å². The van der Waals surface area contributed by atoms with Gasteiger partial charge in [0.05, 0.1) is 18.9 Å². The van der Waals surface area contributed by atoms with Gasteiger partial charge in [0, 0.05) is 11.5 Å². The topological polar surface area (TPSA) is 78.9 Å². The Bertz CT molecular complexity index is 709. The number of carbonyl (C=O) groups is 3. The lowest BCUT2D eigenvalue weighted by atomic mass is 9.80. The number of hydrogen-bond acceptors (Lipinski definition) is 6. The summed E-state index contributed by atoms with van der Waals surface area (Å²) in [4.78, 5) is 36.5. The van der Waals surface area contributed by atoms with E-state index in [1.54, 1.807) is 24.3 Å². The van der Waals surface area contributed by atoms with Crippen molar-refractivity contribution in [1.29, 1.82) is 0 Å². The first-order valence-electron chi connectivity index (χ1n) is 8.13. The Hall–Kier alpha value is -2.37. The zero-order chi connectivity index (χ0) is 16.8. The van der Waals surface area contributed by atoms with E-state index in [1.165, 1.54) is 7.11 Å². The summed E-state index contributed by atoms with van der Waals surface area (Å²) in [6, 6.07) is 6.69. The molecule has 1 saturated heterocycles. The Morgan fingerprint density at radius 1 is 1.29 bits per heavy atom. The van der Waals surface area contributed by atoms with Gasteiger partial charge in [0.1, 0.15) is 11.9 Å². The van der Waals surface area contributed by atoms with Gasteiger partial charge in [-0.05, 0) is 30.9 Å². The van der Waals surface area contributed by atoms with Crippen LogP contribution in [0.25, 0.3) is 0 Å². The van der Waals surface area contributed by atoms with E-state index < -0.39 is 11.9 Å². The second kappa shape index (κ2) is 5.61. The number of carbonyl (C=O) groups excluding carboxylic acids is 3. The van der Waals surface area contributed by atoms with Gasteiger partial charge in [-0.3, -0.25) is 14.4 Å². The maximum Gasteiger partial charge on any atom is 0.310 e. The highest BCUT2D eigenvalue weighted by atomic mass is 16.6. The summed E-state index contributed by atoms with van der Waals surface area (Å²) in [5, 5.41) is 0. The number of Topliss-reactive ketones (excluding diaryl/α,β-unsaturated/α-hetero) is 1. The van der Waals surface area contributed by atoms with Gasteiger partial charge in [-0.1, -0.05) is 12.1 Å². The summed E-state index contributed by atoms with van der Waals surface area (Å²) < 4.78 is 15.6. The Labute approximate surface area is 139 Å². The molecule has 6 nitrogen and oxygen atoms in total. The fourth-order valence-corrected chi connectivity index (χ4v) is 4.44. The molecule has 24 heavy (non-hydrogen) atoms. The van der Waals surface area contributed by atoms with Crippen molar-refractivity contribution in [3.63, 3.8) is 0 Å². The van der Waals surface area contributed by atoms with Gasteiger partial charge in [0.2, 0.25) is 0 Å². The first-order chi connectivity index (χ1) is 11.6. The molecule has 4 rings (SSSR count). The predicted molar refractivity (Wildman–Crippen MR) is 81.4 cm³/mol. The van der Waals surface area contributed by atoms with Gasteiger partial charge in [-0.25, -0.2) is 0 Å². The monoisotopic (exact) mass is 330 g/mol. The summed E-state index contributed by atoms with van der Waals surface area (Å²) in [7, 11) is 1.52. The van der Waals surface area contributed by atoms with Crippen LogP contribution in [0.4, 0.5) is 0 Å². The van der Waals surface area contributed by atoms with E-state index in [4.69, 9.17) is 14.2 Å². The molecular weight excluding hydrogens is 312 g/mol. The number of fused-ring (bicyclic) bond motifs is 1. The van der Waals surface area contributed by atoms with Gasteiger partial charge in [0.15, 0.2) is 12.4 Å². The quantitative estimate of drug-likeness (QED) is 0.603. The lowest BCUT2D eigenvalue weighted by molar-refractivity contribution is -0.154. The minimum Gasteiger partial charge on any atom is -0.497 e. The third-order valence-electron chi connectivity index (χ3n) is 5.49. The van der Waals surface area contributed by atoms with E-state index in [0.29, 0.717) is 11.3 Å². The lowest BCUT2D eigenvalue weighted by Gasteiger charge is -2.22. The first kappa shape index (κ1) is 15.2. The molecule has 2 bridgehead atoms. The van der Waals surface area contributed by atoms with Crippen molar-refractivity contribution < 1.29 is 28.6 Å². The van der Waals surface area contributed by atoms with Crippen molar-refractivity contribution >= 4 is 17.7 Å². The highest BCUT2D eigenvalue weighted by Gasteiger charge is 2.64. The van der Waals surface area contributed by atoms with E-state index in [0.717, 1.165) is 12.8 Å². The van der Waals surface area contributed by atoms with Crippen molar-refractivity contribution in [1.82, 2.24) is 0 Å². The fourth-order valence-electron chi connectivity index (χ4n) is 4.44. The van der Waals surface area contributed by atoms with Crippen LogP contribution in [0.3, 0.4) is 0 Å². The smallest absolute Gasteiger partial charge is 0.310 e. The van der Waals surface area contributed by atoms with Crippen LogP contribution in [0, 0.1) is 23.7 Å². The third-order valence-corrected chi connectivity index (χ3v) is 5.49. The van der Waals surface area contributed by atoms with Gasteiger partial charge < -0.3 is 14.2 Å². The summed E-state index contributed by atoms with van der Waals surface area (Å²) in [6.07, 6.45) is 1.55. The second-order valence-electron chi connectivity index (χ2n) is 6.69. The first-order valence-corrected chi connectivity index (χ1v) is 8.13. The van der Waals surface area contributed by atoms with E-state index >= 15 is 0 Å². The molecule has 0 amide bonds. The van der Waals surface area contributed by atoms with Gasteiger partial charge in [0.25, 0.3) is 0 Å². The second-order valence-corrected chi connectivity index (χ2v) is 6.69. The molecule has 0 spiro atoms. The van der Waals surface area contributed by atoms with E-state index in [1.807, 2.05) is 0 Å². The normalized spacial score (nSPS) is 32.5. The largest absolute Gasteiger partial charge is 0.497 e. The molecule has 2 saturated carbocycles. The zero-order valence-corrected chi connectivity index (χ0v) is 13.3. The SMILES string of the molecule is COc1cccc(C(=O)COC(=O)[C@@H]2[C@@H]3C[C@H]4[C@@H]2C(=O)O[C@@H]4C3)c1. The van der Waals surface area contributed by atoms with Crippen LogP contribution in [0.5, 0.6) is 5.75 Å². The number of rotatable bonds is 5. The van der Waals surface area contributed by atoms with Crippen LogP contribution in [0.2, 0.25) is 0 Å². The molecule has 2 aliphatic carbocycles. The van der Waals surface area contributed by atoms with Crippen molar-refractivity contribution in [2.24, 2.45) is 23.7 Å². The van der Waals surface area contributed by atoms with Gasteiger partial charge in [-0.2, -0.15) is 0 Å². The number of esters is 2. The molecule has 0 N–H and O–H groups in total. The minimum atomic E-state index is -0.459. The number of ether oxygens (including phenoxy) is 3. The highest BCUT2D eigenvalue weighted by molar-refractivity contribution is 5.98. The molecule has 0 aromatic heterocycles. The Balaban J connectivity index is 1.40. The average Bonchev–Trinajstić information content (AvgIpc) is 3.21. The fraction of sp³-hybridized carbons (Fsp3) is 0.500. The molecule has 3 fully saturated rings. The van der Waals surface area contributed by atoms with Gasteiger partial charge >= 0.3 is 11.9 Å². The van der Waals surface area contributed by atoms with E-state index in [9.17, 15) is 14.4 Å². The third kappa shape index (κ3) is 2.28. The maximum atomic E-state index is 12.4. The Morgan fingerprint density at radius 2 is 2.12 bits per heavy atom. The molecular formula is C18H18O6. The van der Waals surface area contributed by atoms with Crippen molar-refractivity contribution in [3.8, 4) is 5.75 Å². The standard InChI is InChI=1S/C18H18O6/c1-22-11-4-2-3-9(5-11)13(19)8-23-17(20)15-10-6-12-14(7-10)24-18(21)16(12)15/h2-5,10,12,14-16H,6-8H2,1H3/t10-,12-,14-,15-,16+/m1/s1. The van der Waals surface area contributed by atoms with Crippen LogP contribution in [-0.2, 0) is 19.1 Å². The lowest BCUT2D eigenvalue weighted by Crippen LogP contribution is -2.34. The molecule has 1 heterocycles. The summed E-state index contributed by atoms with van der Waals surface area (Å²) in [5.74, 6) is -1.03. The van der Waals surface area contributed by atoms with Crippen LogP contribution < -0.4 is 4.74 Å².